The van der Waals surface area contributed by atoms with Gasteiger partial charge in [-0.25, -0.2) is 0 Å². The predicted octanol–water partition coefficient (Wildman–Crippen LogP) is 2.21. The molecule has 1 atom stereocenters. The Morgan fingerprint density at radius 1 is 1.32 bits per heavy atom. The molecular weight excluding hydrogens is 236 g/mol. The van der Waals surface area contributed by atoms with Gasteiger partial charge in [0, 0.05) is 12.6 Å². The number of carbonyl (C=O) groups excluding carboxylic acids is 1. The molecule has 1 aliphatic carbocycles. The third-order valence-electron chi connectivity index (χ3n) is 3.71. The number of benzene rings is 1. The molecule has 0 spiro atoms. The molecule has 3 heteroatoms. The molecular formula is C16H24N2O. The van der Waals surface area contributed by atoms with Gasteiger partial charge in [0.15, 0.2) is 0 Å². The molecule has 1 unspecified atom stereocenters. The van der Waals surface area contributed by atoms with Crippen LogP contribution in [0.1, 0.15) is 43.7 Å². The Kier molecular flexibility index (Phi) is 4.59. The van der Waals surface area contributed by atoms with Crippen LogP contribution in [0.3, 0.4) is 0 Å². The molecule has 1 amide bonds. The summed E-state index contributed by atoms with van der Waals surface area (Å²) in [4.78, 5) is 12.0. The highest BCUT2D eigenvalue weighted by Crippen LogP contribution is 2.20. The molecule has 0 aliphatic heterocycles. The standard InChI is InChI=1S/C16H24N2O/c1-11(2)13-5-3-12(4-6-13)9-14(10-17)16(19)18-15-7-8-15/h3-6,11,14-15H,7-10,17H2,1-2H3,(H,18,19). The Morgan fingerprint density at radius 2 is 1.95 bits per heavy atom. The molecule has 2 rings (SSSR count). The van der Waals surface area contributed by atoms with Gasteiger partial charge in [0.25, 0.3) is 0 Å². The molecule has 1 aromatic carbocycles. The fraction of sp³-hybridized carbons (Fsp3) is 0.562. The maximum absolute atomic E-state index is 12.0. The molecule has 0 heterocycles. The summed E-state index contributed by atoms with van der Waals surface area (Å²) in [6.45, 7) is 4.77. The summed E-state index contributed by atoms with van der Waals surface area (Å²) in [6.07, 6.45) is 2.96. The SMILES string of the molecule is CC(C)c1ccc(CC(CN)C(=O)NC2CC2)cc1. The van der Waals surface area contributed by atoms with E-state index in [1.165, 1.54) is 11.1 Å². The fourth-order valence-corrected chi connectivity index (χ4v) is 2.15. The lowest BCUT2D eigenvalue weighted by Gasteiger charge is -2.15. The minimum absolute atomic E-state index is 0.106. The molecule has 3 N–H and O–H groups in total. The van der Waals surface area contributed by atoms with E-state index in [1.807, 2.05) is 0 Å². The average molecular weight is 260 g/mol. The third-order valence-corrected chi connectivity index (χ3v) is 3.71. The van der Waals surface area contributed by atoms with E-state index in [0.29, 0.717) is 18.5 Å². The van der Waals surface area contributed by atoms with E-state index in [0.717, 1.165) is 19.3 Å². The van der Waals surface area contributed by atoms with E-state index >= 15 is 0 Å². The normalized spacial score (nSPS) is 16.4. The monoisotopic (exact) mass is 260 g/mol. The highest BCUT2D eigenvalue weighted by atomic mass is 16.2. The molecule has 1 aliphatic rings. The molecule has 1 fully saturated rings. The largest absolute Gasteiger partial charge is 0.353 e. The van der Waals surface area contributed by atoms with Gasteiger partial charge in [0.1, 0.15) is 0 Å². The Labute approximate surface area is 115 Å². The summed E-state index contributed by atoms with van der Waals surface area (Å²) in [5.74, 6) is 0.543. The van der Waals surface area contributed by atoms with Crippen molar-refractivity contribution in [3.8, 4) is 0 Å². The van der Waals surface area contributed by atoms with Crippen molar-refractivity contribution in [2.24, 2.45) is 11.7 Å². The maximum atomic E-state index is 12.0. The minimum atomic E-state index is -0.106. The van der Waals surface area contributed by atoms with Crippen LogP contribution < -0.4 is 11.1 Å². The number of carbonyl (C=O) groups is 1. The van der Waals surface area contributed by atoms with Crippen molar-refractivity contribution in [2.75, 3.05) is 6.54 Å². The molecule has 3 nitrogen and oxygen atoms in total. The Bertz CT molecular complexity index is 421. The fourth-order valence-electron chi connectivity index (χ4n) is 2.15. The number of hydrogen-bond acceptors (Lipinski definition) is 2. The highest BCUT2D eigenvalue weighted by molar-refractivity contribution is 5.79. The zero-order valence-electron chi connectivity index (χ0n) is 11.9. The number of rotatable bonds is 6. The zero-order valence-corrected chi connectivity index (χ0v) is 11.9. The summed E-state index contributed by atoms with van der Waals surface area (Å²) in [7, 11) is 0. The van der Waals surface area contributed by atoms with Gasteiger partial charge in [-0.2, -0.15) is 0 Å². The van der Waals surface area contributed by atoms with Crippen molar-refractivity contribution in [1.82, 2.24) is 5.32 Å². The zero-order chi connectivity index (χ0) is 13.8. The molecule has 0 radical (unpaired) electrons. The summed E-state index contributed by atoms with van der Waals surface area (Å²) in [5, 5.41) is 3.04. The van der Waals surface area contributed by atoms with Crippen molar-refractivity contribution < 1.29 is 4.79 Å². The van der Waals surface area contributed by atoms with Crippen LogP contribution in [-0.4, -0.2) is 18.5 Å². The first-order valence-electron chi connectivity index (χ1n) is 7.19. The first-order valence-corrected chi connectivity index (χ1v) is 7.19. The lowest BCUT2D eigenvalue weighted by atomic mass is 9.95. The molecule has 1 aromatic rings. The van der Waals surface area contributed by atoms with Gasteiger partial charge in [0.2, 0.25) is 5.91 Å². The molecule has 0 saturated heterocycles. The van der Waals surface area contributed by atoms with Gasteiger partial charge in [0.05, 0.1) is 5.92 Å². The van der Waals surface area contributed by atoms with E-state index in [2.05, 4.69) is 43.4 Å². The molecule has 0 aromatic heterocycles. The van der Waals surface area contributed by atoms with Crippen LogP contribution in [0, 0.1) is 5.92 Å². The second kappa shape index (κ2) is 6.20. The van der Waals surface area contributed by atoms with E-state index in [-0.39, 0.29) is 11.8 Å². The van der Waals surface area contributed by atoms with Crippen LogP contribution in [0.25, 0.3) is 0 Å². The summed E-state index contributed by atoms with van der Waals surface area (Å²) in [6, 6.07) is 8.92. The van der Waals surface area contributed by atoms with Crippen molar-refractivity contribution in [2.45, 2.75) is 45.1 Å². The van der Waals surface area contributed by atoms with E-state index in [4.69, 9.17) is 5.73 Å². The highest BCUT2D eigenvalue weighted by Gasteiger charge is 2.26. The lowest BCUT2D eigenvalue weighted by Crippen LogP contribution is -2.37. The Morgan fingerprint density at radius 3 is 2.42 bits per heavy atom. The molecule has 1 saturated carbocycles. The van der Waals surface area contributed by atoms with E-state index < -0.39 is 0 Å². The van der Waals surface area contributed by atoms with Gasteiger partial charge in [-0.3, -0.25) is 4.79 Å². The van der Waals surface area contributed by atoms with Crippen molar-refractivity contribution in [3.63, 3.8) is 0 Å². The van der Waals surface area contributed by atoms with Gasteiger partial charge >= 0.3 is 0 Å². The van der Waals surface area contributed by atoms with E-state index in [1.54, 1.807) is 0 Å². The predicted molar refractivity (Wildman–Crippen MR) is 77.9 cm³/mol. The van der Waals surface area contributed by atoms with E-state index in [9.17, 15) is 4.79 Å². The first kappa shape index (κ1) is 14.1. The molecule has 104 valence electrons. The second-order valence-corrected chi connectivity index (χ2v) is 5.82. The quantitative estimate of drug-likeness (QED) is 0.824. The minimum Gasteiger partial charge on any atom is -0.353 e. The van der Waals surface area contributed by atoms with Gasteiger partial charge < -0.3 is 11.1 Å². The first-order chi connectivity index (χ1) is 9.10. The van der Waals surface area contributed by atoms with Gasteiger partial charge in [-0.15, -0.1) is 0 Å². The van der Waals surface area contributed by atoms with Crippen LogP contribution in [0.2, 0.25) is 0 Å². The molecule has 19 heavy (non-hydrogen) atoms. The Hall–Kier alpha value is -1.35. The topological polar surface area (TPSA) is 55.1 Å². The van der Waals surface area contributed by atoms with Crippen molar-refractivity contribution in [1.29, 1.82) is 0 Å². The second-order valence-electron chi connectivity index (χ2n) is 5.82. The number of nitrogens with one attached hydrogen (secondary N) is 1. The number of amides is 1. The summed E-state index contributed by atoms with van der Waals surface area (Å²) in [5.41, 5.74) is 8.25. The van der Waals surface area contributed by atoms with Crippen LogP contribution in [0.15, 0.2) is 24.3 Å². The van der Waals surface area contributed by atoms with Crippen LogP contribution in [0.5, 0.6) is 0 Å². The Balaban J connectivity index is 1.94. The summed E-state index contributed by atoms with van der Waals surface area (Å²) >= 11 is 0. The number of nitrogens with two attached hydrogens (primary N) is 1. The van der Waals surface area contributed by atoms with Gasteiger partial charge in [-0.05, 0) is 36.3 Å². The van der Waals surface area contributed by atoms with Crippen molar-refractivity contribution >= 4 is 5.91 Å². The maximum Gasteiger partial charge on any atom is 0.224 e. The number of hydrogen-bond donors (Lipinski definition) is 2. The van der Waals surface area contributed by atoms with Crippen LogP contribution in [0.4, 0.5) is 0 Å². The average Bonchev–Trinajstić information content (AvgIpc) is 3.20. The third kappa shape index (κ3) is 4.06. The van der Waals surface area contributed by atoms with Gasteiger partial charge in [-0.1, -0.05) is 38.1 Å². The van der Waals surface area contributed by atoms with Crippen molar-refractivity contribution in [3.05, 3.63) is 35.4 Å². The molecule has 0 bridgehead atoms. The van der Waals surface area contributed by atoms with Crippen LogP contribution in [-0.2, 0) is 11.2 Å². The van der Waals surface area contributed by atoms with Crippen LogP contribution >= 0.6 is 0 Å². The summed E-state index contributed by atoms with van der Waals surface area (Å²) < 4.78 is 0. The smallest absolute Gasteiger partial charge is 0.224 e. The lowest BCUT2D eigenvalue weighted by molar-refractivity contribution is -0.124.